The second kappa shape index (κ2) is 10.8. The molecule has 2 heteroatoms. The first-order chi connectivity index (χ1) is 22.9. The van der Waals surface area contributed by atoms with Crippen molar-refractivity contribution in [2.45, 2.75) is 0 Å². The van der Waals surface area contributed by atoms with E-state index in [1.165, 1.54) is 60.2 Å². The lowest BCUT2D eigenvalue weighted by molar-refractivity contribution is 1.18. The molecule has 0 aliphatic heterocycles. The summed E-state index contributed by atoms with van der Waals surface area (Å²) in [5.74, 6) is 0. The minimum atomic E-state index is 1.12. The second-order valence-electron chi connectivity index (χ2n) is 11.7. The Labute approximate surface area is 268 Å². The predicted octanol–water partition coefficient (Wildman–Crippen LogP) is 12.2. The number of benzene rings is 8. The first kappa shape index (κ1) is 26.3. The number of fused-ring (bicyclic) bond motifs is 6. The Balaban J connectivity index is 1.41. The van der Waals surface area contributed by atoms with E-state index in [0.717, 1.165) is 17.1 Å². The Bertz CT molecular complexity index is 2510. The van der Waals surface area contributed by atoms with E-state index in [0.29, 0.717) is 0 Å². The molecule has 0 saturated heterocycles. The van der Waals surface area contributed by atoms with Gasteiger partial charge in [0.1, 0.15) is 0 Å². The Hall–Kier alpha value is -6.12. The van der Waals surface area contributed by atoms with Crippen molar-refractivity contribution in [2.24, 2.45) is 0 Å². The Morgan fingerprint density at radius 1 is 0.348 bits per heavy atom. The molecule has 0 fully saturated rings. The molecule has 2 nitrogen and oxygen atoms in total. The standard InChI is InChI=1S/C44H30N2/c1-4-16-31(17-5-1)43-38-25-12-10-22-35(38)36-23-11-13-26-39(36)44(43)45(32-18-6-2-7-19-32)34-28-29-42-40(30-34)37-24-14-15-27-41(37)46(42)33-20-8-3-9-21-33/h1-30H. The average molecular weight is 587 g/mol. The molecular formula is C44H30N2. The van der Waals surface area contributed by atoms with E-state index < -0.39 is 0 Å². The SMILES string of the molecule is c1ccc(-c2c(N(c3ccccc3)c3ccc4c(c3)c3ccccc3n4-c3ccccc3)c3ccccc3c3ccccc23)cc1. The third kappa shape index (κ3) is 4.12. The van der Waals surface area contributed by atoms with Crippen molar-refractivity contribution in [1.29, 1.82) is 0 Å². The average Bonchev–Trinajstić information content (AvgIpc) is 3.47. The smallest absolute Gasteiger partial charge is 0.0624 e. The van der Waals surface area contributed by atoms with Gasteiger partial charge >= 0.3 is 0 Å². The van der Waals surface area contributed by atoms with E-state index >= 15 is 0 Å². The number of anilines is 3. The lowest BCUT2D eigenvalue weighted by atomic mass is 9.90. The zero-order valence-electron chi connectivity index (χ0n) is 25.2. The van der Waals surface area contributed by atoms with Crippen molar-refractivity contribution < 1.29 is 0 Å². The van der Waals surface area contributed by atoms with Crippen LogP contribution in [0.15, 0.2) is 182 Å². The van der Waals surface area contributed by atoms with Gasteiger partial charge in [-0.25, -0.2) is 0 Å². The predicted molar refractivity (Wildman–Crippen MR) is 196 cm³/mol. The van der Waals surface area contributed by atoms with E-state index in [4.69, 9.17) is 0 Å². The van der Waals surface area contributed by atoms with Gasteiger partial charge in [0.25, 0.3) is 0 Å². The number of hydrogen-bond donors (Lipinski definition) is 0. The fraction of sp³-hybridized carbons (Fsp3) is 0. The first-order valence-electron chi connectivity index (χ1n) is 15.8. The highest BCUT2D eigenvalue weighted by Gasteiger charge is 2.24. The molecule has 216 valence electrons. The van der Waals surface area contributed by atoms with Crippen LogP contribution in [-0.2, 0) is 0 Å². The third-order valence-electron chi connectivity index (χ3n) is 9.13. The van der Waals surface area contributed by atoms with Crippen molar-refractivity contribution in [3.63, 3.8) is 0 Å². The molecule has 46 heavy (non-hydrogen) atoms. The van der Waals surface area contributed by atoms with Crippen LogP contribution in [0.1, 0.15) is 0 Å². The molecule has 1 aromatic heterocycles. The van der Waals surface area contributed by atoms with Gasteiger partial charge < -0.3 is 9.47 Å². The molecule has 0 bridgehead atoms. The number of aromatic nitrogens is 1. The molecule has 0 saturated carbocycles. The van der Waals surface area contributed by atoms with Crippen LogP contribution in [0, 0.1) is 0 Å². The molecular weight excluding hydrogens is 556 g/mol. The molecule has 0 radical (unpaired) electrons. The summed E-state index contributed by atoms with van der Waals surface area (Å²) in [6.07, 6.45) is 0. The molecule has 9 rings (SSSR count). The molecule has 0 N–H and O–H groups in total. The molecule has 0 amide bonds. The Morgan fingerprint density at radius 2 is 0.870 bits per heavy atom. The van der Waals surface area contributed by atoms with Crippen LogP contribution in [0.5, 0.6) is 0 Å². The molecule has 9 aromatic rings. The van der Waals surface area contributed by atoms with Gasteiger partial charge in [-0.15, -0.1) is 0 Å². The molecule has 0 atom stereocenters. The summed E-state index contributed by atoms with van der Waals surface area (Å²) in [6.45, 7) is 0. The highest BCUT2D eigenvalue weighted by atomic mass is 15.1. The number of nitrogens with zero attached hydrogens (tertiary/aromatic N) is 2. The molecule has 0 aliphatic carbocycles. The van der Waals surface area contributed by atoms with Gasteiger partial charge in [0.05, 0.1) is 16.7 Å². The number of rotatable bonds is 5. The largest absolute Gasteiger partial charge is 0.309 e. The summed E-state index contributed by atoms with van der Waals surface area (Å²) >= 11 is 0. The van der Waals surface area contributed by atoms with Crippen LogP contribution in [0.3, 0.4) is 0 Å². The topological polar surface area (TPSA) is 8.17 Å². The maximum Gasteiger partial charge on any atom is 0.0624 e. The van der Waals surface area contributed by atoms with E-state index in [-0.39, 0.29) is 0 Å². The van der Waals surface area contributed by atoms with Crippen molar-refractivity contribution >= 4 is 60.4 Å². The maximum atomic E-state index is 2.46. The zero-order valence-corrected chi connectivity index (χ0v) is 25.2. The normalized spacial score (nSPS) is 11.5. The monoisotopic (exact) mass is 586 g/mol. The zero-order chi connectivity index (χ0) is 30.5. The van der Waals surface area contributed by atoms with Gasteiger partial charge in [0.2, 0.25) is 0 Å². The van der Waals surface area contributed by atoms with E-state index in [1.54, 1.807) is 0 Å². The second-order valence-corrected chi connectivity index (χ2v) is 11.7. The van der Waals surface area contributed by atoms with Crippen molar-refractivity contribution in [3.05, 3.63) is 182 Å². The fourth-order valence-corrected chi connectivity index (χ4v) is 7.19. The van der Waals surface area contributed by atoms with Gasteiger partial charge in [0, 0.05) is 38.8 Å². The lowest BCUT2D eigenvalue weighted by Gasteiger charge is -2.30. The molecule has 1 heterocycles. The Kier molecular flexibility index (Phi) is 6.17. The van der Waals surface area contributed by atoms with Crippen LogP contribution >= 0.6 is 0 Å². The van der Waals surface area contributed by atoms with Gasteiger partial charge in [-0.2, -0.15) is 0 Å². The summed E-state index contributed by atoms with van der Waals surface area (Å²) in [6, 6.07) is 65.7. The maximum absolute atomic E-state index is 2.46. The highest BCUT2D eigenvalue weighted by Crippen LogP contribution is 2.50. The van der Waals surface area contributed by atoms with Crippen molar-refractivity contribution in [1.82, 2.24) is 4.57 Å². The summed E-state index contributed by atoms with van der Waals surface area (Å²) in [5, 5.41) is 7.43. The van der Waals surface area contributed by atoms with Gasteiger partial charge in [-0.3, -0.25) is 0 Å². The van der Waals surface area contributed by atoms with E-state index in [1.807, 2.05) is 0 Å². The van der Waals surface area contributed by atoms with Crippen LogP contribution in [-0.4, -0.2) is 4.57 Å². The van der Waals surface area contributed by atoms with Crippen molar-refractivity contribution in [3.8, 4) is 16.8 Å². The summed E-state index contributed by atoms with van der Waals surface area (Å²) < 4.78 is 2.38. The molecule has 0 spiro atoms. The van der Waals surface area contributed by atoms with Crippen LogP contribution in [0.4, 0.5) is 17.1 Å². The Morgan fingerprint density at radius 3 is 1.59 bits per heavy atom. The van der Waals surface area contributed by atoms with E-state index in [2.05, 4.69) is 191 Å². The molecule has 0 unspecified atom stereocenters. The third-order valence-corrected chi connectivity index (χ3v) is 9.13. The van der Waals surface area contributed by atoms with Crippen LogP contribution < -0.4 is 4.90 Å². The number of para-hydroxylation sites is 3. The van der Waals surface area contributed by atoms with Crippen LogP contribution in [0.25, 0.3) is 60.2 Å². The number of hydrogen-bond acceptors (Lipinski definition) is 1. The first-order valence-corrected chi connectivity index (χ1v) is 15.8. The lowest BCUT2D eigenvalue weighted by Crippen LogP contribution is -2.12. The van der Waals surface area contributed by atoms with Gasteiger partial charge in [-0.05, 0) is 70.3 Å². The summed E-state index contributed by atoms with van der Waals surface area (Å²) in [4.78, 5) is 2.46. The van der Waals surface area contributed by atoms with Crippen molar-refractivity contribution in [2.75, 3.05) is 4.90 Å². The summed E-state index contributed by atoms with van der Waals surface area (Å²) in [7, 11) is 0. The minimum Gasteiger partial charge on any atom is -0.309 e. The summed E-state index contributed by atoms with van der Waals surface area (Å²) in [5.41, 5.74) is 9.39. The fourth-order valence-electron chi connectivity index (χ4n) is 7.19. The highest BCUT2D eigenvalue weighted by molar-refractivity contribution is 6.22. The van der Waals surface area contributed by atoms with Gasteiger partial charge in [-0.1, -0.05) is 133 Å². The van der Waals surface area contributed by atoms with Crippen LogP contribution in [0.2, 0.25) is 0 Å². The van der Waals surface area contributed by atoms with Gasteiger partial charge in [0.15, 0.2) is 0 Å². The molecule has 0 aliphatic rings. The minimum absolute atomic E-state index is 1.12. The van der Waals surface area contributed by atoms with E-state index in [9.17, 15) is 0 Å². The quantitative estimate of drug-likeness (QED) is 0.182. The molecule has 8 aromatic carbocycles.